The van der Waals surface area contributed by atoms with Crippen molar-refractivity contribution >= 4 is 22.8 Å². The van der Waals surface area contributed by atoms with Crippen LogP contribution in [-0.2, 0) is 11.2 Å². The zero-order chi connectivity index (χ0) is 23.0. The number of nitrogens with two attached hydrogens (primary N) is 1. The van der Waals surface area contributed by atoms with Crippen molar-refractivity contribution in [1.29, 1.82) is 0 Å². The lowest BCUT2D eigenvalue weighted by atomic mass is 9.77. The minimum atomic E-state index is -1.26. The fraction of sp³-hybridized carbons (Fsp3) is 0.476. The molecule has 1 atom stereocenters. The van der Waals surface area contributed by atoms with Crippen LogP contribution in [0.5, 0.6) is 0 Å². The van der Waals surface area contributed by atoms with E-state index in [0.717, 1.165) is 0 Å². The van der Waals surface area contributed by atoms with Crippen LogP contribution in [0, 0.1) is 18.7 Å². The summed E-state index contributed by atoms with van der Waals surface area (Å²) in [5.41, 5.74) is 4.89. The molecule has 9 nitrogen and oxygen atoms in total. The molecule has 1 saturated carbocycles. The molecule has 0 saturated heterocycles. The van der Waals surface area contributed by atoms with Crippen LogP contribution in [0.3, 0.4) is 0 Å². The van der Waals surface area contributed by atoms with Crippen molar-refractivity contribution in [3.63, 3.8) is 0 Å². The van der Waals surface area contributed by atoms with Crippen LogP contribution in [-0.4, -0.2) is 37.8 Å². The Kier molecular flexibility index (Phi) is 5.66. The summed E-state index contributed by atoms with van der Waals surface area (Å²) in [5.74, 6) is -1.61. The topological polar surface area (TPSA) is 140 Å². The number of aromatic nitrogens is 4. The summed E-state index contributed by atoms with van der Waals surface area (Å²) in [4.78, 5) is 31.5. The first-order valence-corrected chi connectivity index (χ1v) is 10.4. The van der Waals surface area contributed by atoms with Gasteiger partial charge < -0.3 is 16.0 Å². The Bertz CT molecular complexity index is 1160. The minimum Gasteiger partial charge on any atom is -0.369 e. The molecule has 1 fully saturated rings. The van der Waals surface area contributed by atoms with Crippen LogP contribution in [0.4, 0.5) is 8.78 Å². The van der Waals surface area contributed by atoms with Crippen molar-refractivity contribution in [2.24, 2.45) is 11.7 Å². The second kappa shape index (κ2) is 8.29. The van der Waals surface area contributed by atoms with Gasteiger partial charge in [-0.2, -0.15) is 0 Å². The quantitative estimate of drug-likeness (QED) is 0.532. The van der Waals surface area contributed by atoms with E-state index in [2.05, 4.69) is 30.2 Å². The van der Waals surface area contributed by atoms with Crippen LogP contribution < -0.4 is 11.1 Å². The SMILES string of the molecule is Cc1nonc1C(=O)N[C@H](c1nc2c(F)c(CC(N)=O)ccc2[nH]1)C1CCC(C)(F)CC1. The van der Waals surface area contributed by atoms with Crippen LogP contribution in [0.2, 0.25) is 0 Å². The molecule has 0 radical (unpaired) electrons. The second-order valence-corrected chi connectivity index (χ2v) is 8.60. The van der Waals surface area contributed by atoms with Crippen LogP contribution in [0.25, 0.3) is 11.0 Å². The zero-order valence-corrected chi connectivity index (χ0v) is 17.7. The number of fused-ring (bicyclic) bond motifs is 1. The van der Waals surface area contributed by atoms with E-state index >= 15 is 0 Å². The van der Waals surface area contributed by atoms with E-state index in [1.54, 1.807) is 19.9 Å². The summed E-state index contributed by atoms with van der Waals surface area (Å²) in [6.45, 7) is 3.16. The Hall–Kier alpha value is -3.37. The van der Waals surface area contributed by atoms with Crippen molar-refractivity contribution in [3.05, 3.63) is 40.7 Å². The fourth-order valence-electron chi connectivity index (χ4n) is 4.21. The number of aromatic amines is 1. The van der Waals surface area contributed by atoms with Crippen molar-refractivity contribution < 1.29 is 23.0 Å². The molecular weight excluding hydrogens is 422 g/mol. The summed E-state index contributed by atoms with van der Waals surface area (Å²) < 4.78 is 33.9. The monoisotopic (exact) mass is 446 g/mol. The van der Waals surface area contributed by atoms with E-state index in [-0.39, 0.29) is 29.1 Å². The van der Waals surface area contributed by atoms with E-state index in [9.17, 15) is 18.4 Å². The molecule has 2 aromatic heterocycles. The summed E-state index contributed by atoms with van der Waals surface area (Å²) in [7, 11) is 0. The third kappa shape index (κ3) is 4.32. The predicted molar refractivity (Wildman–Crippen MR) is 110 cm³/mol. The van der Waals surface area contributed by atoms with Gasteiger partial charge in [-0.05, 0) is 62.2 Å². The van der Waals surface area contributed by atoms with E-state index < -0.39 is 29.3 Å². The molecule has 4 N–H and O–H groups in total. The van der Waals surface area contributed by atoms with Gasteiger partial charge in [-0.1, -0.05) is 11.2 Å². The Morgan fingerprint density at radius 1 is 1.34 bits per heavy atom. The molecule has 11 heteroatoms. The third-order valence-electron chi connectivity index (χ3n) is 6.05. The summed E-state index contributed by atoms with van der Waals surface area (Å²) in [6.07, 6.45) is 1.46. The van der Waals surface area contributed by atoms with Gasteiger partial charge >= 0.3 is 0 Å². The largest absolute Gasteiger partial charge is 0.369 e. The highest BCUT2D eigenvalue weighted by atomic mass is 19.1. The molecule has 0 unspecified atom stereocenters. The van der Waals surface area contributed by atoms with Crippen molar-refractivity contribution in [1.82, 2.24) is 25.6 Å². The number of carbonyl (C=O) groups excluding carboxylic acids is 2. The van der Waals surface area contributed by atoms with E-state index in [1.165, 1.54) is 6.07 Å². The molecule has 0 bridgehead atoms. The normalized spacial score (nSPS) is 22.1. The number of primary amides is 1. The van der Waals surface area contributed by atoms with Gasteiger partial charge in [-0.3, -0.25) is 9.59 Å². The van der Waals surface area contributed by atoms with Crippen LogP contribution in [0.15, 0.2) is 16.8 Å². The first-order chi connectivity index (χ1) is 15.1. The minimum absolute atomic E-state index is 0.0344. The first-order valence-electron chi connectivity index (χ1n) is 10.4. The maximum atomic E-state index is 14.9. The average molecular weight is 446 g/mol. The zero-order valence-electron chi connectivity index (χ0n) is 17.7. The number of H-pyrrole nitrogens is 1. The molecule has 0 aliphatic heterocycles. The lowest BCUT2D eigenvalue weighted by Crippen LogP contribution is -2.38. The van der Waals surface area contributed by atoms with Gasteiger partial charge in [-0.25, -0.2) is 18.4 Å². The lowest BCUT2D eigenvalue weighted by molar-refractivity contribution is -0.117. The van der Waals surface area contributed by atoms with Gasteiger partial charge in [-0.15, -0.1) is 0 Å². The number of hydrogen-bond acceptors (Lipinski definition) is 6. The number of carbonyl (C=O) groups is 2. The molecule has 1 aliphatic carbocycles. The number of hydrogen-bond donors (Lipinski definition) is 3. The van der Waals surface area contributed by atoms with Crippen LogP contribution in [0.1, 0.15) is 66.2 Å². The number of alkyl halides is 1. The molecule has 32 heavy (non-hydrogen) atoms. The average Bonchev–Trinajstić information content (AvgIpc) is 3.35. The standard InChI is InChI=1S/C21H24F2N6O3/c1-10-16(29-32-28-10)20(31)27-17(11-5-7-21(2,23)8-6-11)19-25-13-4-3-12(9-14(24)30)15(22)18(13)26-19/h3-4,11,17H,5-9H2,1-2H3,(H2,24,30)(H,25,26)(H,27,31)/t11?,17-,21?/m0/s1. The molecular formula is C21H24F2N6O3. The van der Waals surface area contributed by atoms with E-state index in [1.807, 2.05) is 0 Å². The van der Waals surface area contributed by atoms with Gasteiger partial charge in [0.2, 0.25) is 5.91 Å². The number of imidazole rings is 1. The van der Waals surface area contributed by atoms with E-state index in [0.29, 0.717) is 42.7 Å². The number of amides is 2. The van der Waals surface area contributed by atoms with Crippen LogP contribution >= 0.6 is 0 Å². The predicted octanol–water partition coefficient (Wildman–Crippen LogP) is 2.81. The molecule has 0 spiro atoms. The maximum absolute atomic E-state index is 14.9. The van der Waals surface area contributed by atoms with Gasteiger partial charge in [0.1, 0.15) is 22.7 Å². The lowest BCUT2D eigenvalue weighted by Gasteiger charge is -2.35. The third-order valence-corrected chi connectivity index (χ3v) is 6.05. The van der Waals surface area contributed by atoms with Gasteiger partial charge in [0, 0.05) is 0 Å². The number of nitrogens with zero attached hydrogens (tertiary/aromatic N) is 3. The van der Waals surface area contributed by atoms with Crippen molar-refractivity contribution in [3.8, 4) is 0 Å². The molecule has 4 rings (SSSR count). The highest BCUT2D eigenvalue weighted by molar-refractivity contribution is 5.93. The number of rotatable bonds is 6. The van der Waals surface area contributed by atoms with Gasteiger partial charge in [0.05, 0.1) is 18.0 Å². The Morgan fingerprint density at radius 3 is 2.69 bits per heavy atom. The van der Waals surface area contributed by atoms with Crippen molar-refractivity contribution in [2.75, 3.05) is 0 Å². The first kappa shape index (κ1) is 21.8. The Labute approximate surface area is 182 Å². The molecule has 3 aromatic rings. The van der Waals surface area contributed by atoms with Gasteiger partial charge in [0.15, 0.2) is 11.5 Å². The van der Waals surface area contributed by atoms with E-state index in [4.69, 9.17) is 5.73 Å². The second-order valence-electron chi connectivity index (χ2n) is 8.60. The molecule has 1 aliphatic rings. The smallest absolute Gasteiger partial charge is 0.276 e. The Balaban J connectivity index is 1.69. The maximum Gasteiger partial charge on any atom is 0.276 e. The van der Waals surface area contributed by atoms with Crippen molar-refractivity contribution in [2.45, 2.75) is 57.7 Å². The number of halogens is 2. The van der Waals surface area contributed by atoms with Gasteiger partial charge in [0.25, 0.3) is 5.91 Å². The molecule has 2 heterocycles. The molecule has 1 aromatic carbocycles. The summed E-state index contributed by atoms with van der Waals surface area (Å²) in [6, 6.07) is 2.44. The summed E-state index contributed by atoms with van der Waals surface area (Å²) in [5, 5.41) is 10.1. The number of benzene rings is 1. The molecule has 170 valence electrons. The number of aryl methyl sites for hydroxylation is 1. The highest BCUT2D eigenvalue weighted by Crippen LogP contribution is 2.40. The summed E-state index contributed by atoms with van der Waals surface area (Å²) >= 11 is 0. The number of nitrogens with one attached hydrogen (secondary N) is 2. The highest BCUT2D eigenvalue weighted by Gasteiger charge is 2.37. The fourth-order valence-corrected chi connectivity index (χ4v) is 4.21. The Morgan fingerprint density at radius 2 is 2.06 bits per heavy atom. The molecule has 2 amide bonds.